The average molecular weight is 955 g/mol. The van der Waals surface area contributed by atoms with Gasteiger partial charge in [0.1, 0.15) is 19.3 Å². The highest BCUT2D eigenvalue weighted by molar-refractivity contribution is 7.47. The number of ether oxygens (including phenoxy) is 2. The van der Waals surface area contributed by atoms with Gasteiger partial charge in [-0.15, -0.1) is 0 Å². The molecule has 0 heterocycles. The number of unbranched alkanes of at least 4 members (excludes halogenated alkanes) is 16. The molecule has 0 amide bonds. The summed E-state index contributed by atoms with van der Waals surface area (Å²) in [5.41, 5.74) is 0. The van der Waals surface area contributed by atoms with Gasteiger partial charge < -0.3 is 18.9 Å². The number of hydrogen-bond acceptors (Lipinski definition) is 6. The predicted molar refractivity (Wildman–Crippen MR) is 288 cm³/mol. The van der Waals surface area contributed by atoms with Crippen LogP contribution in [0.25, 0.3) is 0 Å². The largest absolute Gasteiger partial charge is 0.472 e. The van der Waals surface area contributed by atoms with Crippen molar-refractivity contribution >= 4 is 13.8 Å². The van der Waals surface area contributed by atoms with Crippen molar-refractivity contribution in [2.24, 2.45) is 0 Å². The molecule has 0 saturated carbocycles. The molecular weight excluding hydrogens is 854 g/mol. The second-order valence-corrected chi connectivity index (χ2v) is 20.0. The summed E-state index contributed by atoms with van der Waals surface area (Å²) in [6, 6.07) is 0. The molecule has 0 aliphatic heterocycles. The molecule has 2 unspecified atom stereocenters. The van der Waals surface area contributed by atoms with Crippen molar-refractivity contribution in [1.29, 1.82) is 0 Å². The van der Waals surface area contributed by atoms with E-state index < -0.39 is 13.9 Å². The zero-order valence-corrected chi connectivity index (χ0v) is 44.5. The standard InChI is InChI=1S/C58H100NO7P/c1-6-8-10-12-14-16-18-20-22-24-26-28-29-30-32-34-36-38-40-42-44-46-48-50-53-63-55-57(56-65-67(61,62)64-54-52-59(3,4)5)66-58(60)51-49-47-45-43-41-39-37-35-33-31-27-25-23-21-19-17-15-13-11-9-7-2/h8,10,14,16,19-22,25-28,30,32,36,38,42,44,57H,6-7,9,11-13,15,17-18,23-24,29,31,33-35,37,39-41,43,45-56H2,1-5H3/p+1/b10-8-,16-14-,21-19-,22-20-,27-25-,28-26-,32-30-,38-36-,44-42-. The molecule has 0 bridgehead atoms. The lowest BCUT2D eigenvalue weighted by atomic mass is 10.1. The molecule has 67 heavy (non-hydrogen) atoms. The maximum Gasteiger partial charge on any atom is 0.472 e. The topological polar surface area (TPSA) is 91.3 Å². The van der Waals surface area contributed by atoms with Crippen molar-refractivity contribution in [2.75, 3.05) is 54.1 Å². The predicted octanol–water partition coefficient (Wildman–Crippen LogP) is 16.7. The van der Waals surface area contributed by atoms with E-state index in [-0.39, 0.29) is 25.8 Å². The number of allylic oxidation sites excluding steroid dienone is 18. The molecular formula is C58H101NO7P+. The summed E-state index contributed by atoms with van der Waals surface area (Å²) in [5, 5.41) is 0. The molecule has 0 saturated heterocycles. The number of esters is 1. The highest BCUT2D eigenvalue weighted by atomic mass is 31.2. The summed E-state index contributed by atoms with van der Waals surface area (Å²) in [4.78, 5) is 23.0. The SMILES string of the molecule is CC/C=C\C/C=C\C/C=C\C/C=C\C/C=C\C/C=C\C/C=C\CCCCOCC(COP(=O)(O)OCC[N+](C)(C)C)OC(=O)CCCCCCCCCCC/C=C\C/C=C\CCCCCCC. The van der Waals surface area contributed by atoms with E-state index in [1.54, 1.807) is 0 Å². The van der Waals surface area contributed by atoms with Crippen LogP contribution in [-0.2, 0) is 27.9 Å². The summed E-state index contributed by atoms with van der Waals surface area (Å²) in [6.07, 6.45) is 70.0. The molecule has 0 fully saturated rings. The van der Waals surface area contributed by atoms with Gasteiger partial charge in [0.2, 0.25) is 0 Å². The monoisotopic (exact) mass is 955 g/mol. The van der Waals surface area contributed by atoms with Crippen molar-refractivity contribution in [3.63, 3.8) is 0 Å². The number of quaternary nitrogens is 1. The van der Waals surface area contributed by atoms with Crippen LogP contribution in [0.2, 0.25) is 0 Å². The Morgan fingerprint density at radius 1 is 0.478 bits per heavy atom. The van der Waals surface area contributed by atoms with Gasteiger partial charge in [0.25, 0.3) is 0 Å². The maximum atomic E-state index is 12.8. The number of phosphoric ester groups is 1. The van der Waals surface area contributed by atoms with Crippen molar-refractivity contribution in [1.82, 2.24) is 0 Å². The third-order valence-corrected chi connectivity index (χ3v) is 11.8. The summed E-state index contributed by atoms with van der Waals surface area (Å²) >= 11 is 0. The van der Waals surface area contributed by atoms with E-state index in [0.29, 0.717) is 24.1 Å². The fraction of sp³-hybridized carbons (Fsp3) is 0.672. The smallest absolute Gasteiger partial charge is 0.457 e. The Morgan fingerprint density at radius 3 is 1.30 bits per heavy atom. The molecule has 0 aromatic carbocycles. The van der Waals surface area contributed by atoms with E-state index in [4.69, 9.17) is 18.5 Å². The Kier molecular flexibility index (Phi) is 47.5. The molecule has 0 aliphatic rings. The van der Waals surface area contributed by atoms with Gasteiger partial charge in [-0.3, -0.25) is 13.8 Å². The van der Waals surface area contributed by atoms with Crippen LogP contribution in [0.4, 0.5) is 0 Å². The Balaban J connectivity index is 4.26. The fourth-order valence-corrected chi connectivity index (χ4v) is 7.48. The Labute approximate surface area is 412 Å². The first-order valence-corrected chi connectivity index (χ1v) is 28.1. The molecule has 0 radical (unpaired) electrons. The normalized spacial score (nSPS) is 14.4. The lowest BCUT2D eigenvalue weighted by Gasteiger charge is -2.24. The molecule has 0 aromatic rings. The van der Waals surface area contributed by atoms with E-state index >= 15 is 0 Å². The van der Waals surface area contributed by atoms with Crippen molar-refractivity contribution in [2.45, 2.75) is 200 Å². The van der Waals surface area contributed by atoms with Crippen molar-refractivity contribution < 1.29 is 37.3 Å². The van der Waals surface area contributed by atoms with Crippen LogP contribution in [0, 0.1) is 0 Å². The summed E-state index contributed by atoms with van der Waals surface area (Å²) in [7, 11) is 1.62. The molecule has 0 spiro atoms. The van der Waals surface area contributed by atoms with E-state index in [9.17, 15) is 14.3 Å². The van der Waals surface area contributed by atoms with E-state index in [1.807, 2.05) is 21.1 Å². The van der Waals surface area contributed by atoms with Crippen LogP contribution in [0.3, 0.4) is 0 Å². The summed E-state index contributed by atoms with van der Waals surface area (Å²) < 4.78 is 35.1. The number of likely N-dealkylation sites (N-methyl/N-ethyl adjacent to an activating group) is 1. The highest BCUT2D eigenvalue weighted by Crippen LogP contribution is 2.43. The molecule has 0 rings (SSSR count). The lowest BCUT2D eigenvalue weighted by molar-refractivity contribution is -0.870. The number of carbonyl (C=O) groups excluding carboxylic acids is 1. The Hall–Kier alpha value is -2.84. The van der Waals surface area contributed by atoms with Crippen LogP contribution in [0.15, 0.2) is 109 Å². The first kappa shape index (κ1) is 64.2. The van der Waals surface area contributed by atoms with Crippen LogP contribution < -0.4 is 0 Å². The Morgan fingerprint density at radius 2 is 0.866 bits per heavy atom. The third-order valence-electron chi connectivity index (χ3n) is 10.8. The van der Waals surface area contributed by atoms with Gasteiger partial charge in [0.15, 0.2) is 0 Å². The minimum atomic E-state index is -4.30. The fourth-order valence-electron chi connectivity index (χ4n) is 6.74. The zero-order valence-electron chi connectivity index (χ0n) is 43.6. The molecule has 384 valence electrons. The second-order valence-electron chi connectivity index (χ2n) is 18.5. The van der Waals surface area contributed by atoms with Crippen LogP contribution in [0.1, 0.15) is 194 Å². The first-order chi connectivity index (χ1) is 32.6. The second kappa shape index (κ2) is 49.6. The minimum absolute atomic E-state index is 0.0727. The van der Waals surface area contributed by atoms with Gasteiger partial charge in [0, 0.05) is 13.0 Å². The van der Waals surface area contributed by atoms with Gasteiger partial charge in [0.05, 0.1) is 34.4 Å². The zero-order chi connectivity index (χ0) is 49.0. The number of hydrogen-bond donors (Lipinski definition) is 1. The molecule has 9 heteroatoms. The van der Waals surface area contributed by atoms with E-state index in [1.165, 1.54) is 83.5 Å². The van der Waals surface area contributed by atoms with E-state index in [0.717, 1.165) is 89.9 Å². The molecule has 2 atom stereocenters. The molecule has 8 nitrogen and oxygen atoms in total. The van der Waals surface area contributed by atoms with Gasteiger partial charge in [-0.1, -0.05) is 194 Å². The van der Waals surface area contributed by atoms with Crippen LogP contribution in [-0.4, -0.2) is 75.6 Å². The number of carbonyl (C=O) groups is 1. The number of rotatable bonds is 48. The van der Waals surface area contributed by atoms with Crippen molar-refractivity contribution in [3.05, 3.63) is 109 Å². The Bertz CT molecular complexity index is 1430. The van der Waals surface area contributed by atoms with Crippen LogP contribution >= 0.6 is 7.82 Å². The minimum Gasteiger partial charge on any atom is -0.457 e. The third kappa shape index (κ3) is 54.0. The number of phosphoric acid groups is 1. The van der Waals surface area contributed by atoms with Gasteiger partial charge in [-0.25, -0.2) is 4.57 Å². The molecule has 1 N–H and O–H groups in total. The van der Waals surface area contributed by atoms with Gasteiger partial charge in [-0.05, 0) is 103 Å². The van der Waals surface area contributed by atoms with Gasteiger partial charge >= 0.3 is 13.8 Å². The average Bonchev–Trinajstić information content (AvgIpc) is 3.29. The first-order valence-electron chi connectivity index (χ1n) is 26.6. The lowest BCUT2D eigenvalue weighted by Crippen LogP contribution is -2.37. The number of nitrogens with zero attached hydrogens (tertiary/aromatic N) is 1. The maximum absolute atomic E-state index is 12.8. The van der Waals surface area contributed by atoms with Crippen molar-refractivity contribution in [3.8, 4) is 0 Å². The van der Waals surface area contributed by atoms with E-state index in [2.05, 4.69) is 123 Å². The highest BCUT2D eigenvalue weighted by Gasteiger charge is 2.26. The van der Waals surface area contributed by atoms with Gasteiger partial charge in [-0.2, -0.15) is 0 Å². The quantitative estimate of drug-likeness (QED) is 0.0214. The van der Waals surface area contributed by atoms with Crippen LogP contribution in [0.5, 0.6) is 0 Å². The summed E-state index contributed by atoms with van der Waals surface area (Å²) in [6.45, 7) is 5.36. The molecule has 0 aliphatic carbocycles. The molecule has 0 aromatic heterocycles. The summed E-state index contributed by atoms with van der Waals surface area (Å²) in [5.74, 6) is -0.337.